The van der Waals surface area contributed by atoms with Gasteiger partial charge in [-0.25, -0.2) is 0 Å². The van der Waals surface area contributed by atoms with E-state index in [0.717, 1.165) is 41.9 Å². The lowest BCUT2D eigenvalue weighted by atomic mass is 9.93. The summed E-state index contributed by atoms with van der Waals surface area (Å²) in [6, 6.07) is 15.7. The number of carbonyl (C=O) groups excluding carboxylic acids is 1. The van der Waals surface area contributed by atoms with Crippen LogP contribution in [-0.4, -0.2) is 17.4 Å². The minimum Gasteiger partial charge on any atom is -0.487 e. The van der Waals surface area contributed by atoms with Gasteiger partial charge in [0, 0.05) is 18.3 Å². The van der Waals surface area contributed by atoms with Gasteiger partial charge in [0.05, 0.1) is 5.69 Å². The number of nitrogens with zero attached hydrogens (tertiary/aromatic N) is 1. The number of amides is 1. The lowest BCUT2D eigenvalue weighted by molar-refractivity contribution is 0.100. The summed E-state index contributed by atoms with van der Waals surface area (Å²) in [5, 5.41) is 3.39. The largest absolute Gasteiger partial charge is 0.487 e. The highest BCUT2D eigenvalue weighted by molar-refractivity contribution is 6.00. The quantitative estimate of drug-likeness (QED) is 0.719. The van der Waals surface area contributed by atoms with E-state index in [1.54, 1.807) is 18.3 Å². The van der Waals surface area contributed by atoms with E-state index < -0.39 is 5.91 Å². The number of rotatable bonds is 5. The molecule has 0 radical (unpaired) electrons. The third-order valence-corrected chi connectivity index (χ3v) is 5.02. The molecule has 0 aliphatic carbocycles. The zero-order chi connectivity index (χ0) is 19.5. The molecular weight excluding hydrogens is 350 g/mol. The van der Waals surface area contributed by atoms with Gasteiger partial charge in [0.1, 0.15) is 12.4 Å². The fourth-order valence-corrected chi connectivity index (χ4v) is 3.55. The number of carbonyl (C=O) groups is 1. The fourth-order valence-electron chi connectivity index (χ4n) is 3.55. The molecule has 2 heterocycles. The molecule has 3 N–H and O–H groups in total. The monoisotopic (exact) mass is 373 g/mol. The van der Waals surface area contributed by atoms with Crippen LogP contribution >= 0.6 is 0 Å². The second-order valence-corrected chi connectivity index (χ2v) is 7.10. The average molecular weight is 373 g/mol. The van der Waals surface area contributed by atoms with Crippen LogP contribution in [0.25, 0.3) is 11.1 Å². The Hall–Kier alpha value is -3.18. The van der Waals surface area contributed by atoms with Crippen LogP contribution in [0.15, 0.2) is 54.7 Å². The molecule has 5 heteroatoms. The minimum atomic E-state index is -0.447. The molecule has 0 saturated heterocycles. The summed E-state index contributed by atoms with van der Waals surface area (Å²) in [4.78, 5) is 16.3. The Balaban J connectivity index is 1.65. The normalized spacial score (nSPS) is 13.0. The first-order valence-electron chi connectivity index (χ1n) is 9.41. The number of hydrogen-bond donors (Lipinski definition) is 2. The molecule has 142 valence electrons. The van der Waals surface area contributed by atoms with Crippen LogP contribution in [0.5, 0.6) is 5.75 Å². The molecule has 28 heavy (non-hydrogen) atoms. The Morgan fingerprint density at radius 3 is 2.86 bits per heavy atom. The summed E-state index contributed by atoms with van der Waals surface area (Å²) in [7, 11) is 0. The van der Waals surface area contributed by atoms with Crippen LogP contribution < -0.4 is 15.8 Å². The lowest BCUT2D eigenvalue weighted by Gasteiger charge is -2.19. The molecule has 5 nitrogen and oxygen atoms in total. The number of pyridine rings is 1. The Labute approximate surface area is 164 Å². The number of fused-ring (bicyclic) bond motifs is 1. The van der Waals surface area contributed by atoms with Crippen molar-refractivity contribution < 1.29 is 9.53 Å². The van der Waals surface area contributed by atoms with E-state index in [9.17, 15) is 4.79 Å². The second-order valence-electron chi connectivity index (χ2n) is 7.10. The predicted molar refractivity (Wildman–Crippen MR) is 109 cm³/mol. The summed E-state index contributed by atoms with van der Waals surface area (Å²) in [6.45, 7) is 4.22. The van der Waals surface area contributed by atoms with E-state index in [2.05, 4.69) is 28.5 Å². The van der Waals surface area contributed by atoms with Crippen LogP contribution in [0, 0.1) is 6.92 Å². The Bertz CT molecular complexity index is 1030. The van der Waals surface area contributed by atoms with Gasteiger partial charge in [0.25, 0.3) is 0 Å². The number of primary amides is 1. The molecule has 4 rings (SSSR count). The molecule has 1 aliphatic heterocycles. The van der Waals surface area contributed by atoms with Gasteiger partial charge in [0.15, 0.2) is 0 Å². The maximum Gasteiger partial charge on any atom is 0.249 e. The van der Waals surface area contributed by atoms with Crippen molar-refractivity contribution in [3.05, 3.63) is 82.7 Å². The van der Waals surface area contributed by atoms with Crippen LogP contribution in [0.1, 0.15) is 32.7 Å². The molecule has 0 saturated carbocycles. The Morgan fingerprint density at radius 1 is 1.14 bits per heavy atom. The van der Waals surface area contributed by atoms with Gasteiger partial charge in [0.2, 0.25) is 5.91 Å². The molecule has 0 bridgehead atoms. The number of ether oxygens (including phenoxy) is 1. The molecule has 1 amide bonds. The lowest BCUT2D eigenvalue weighted by Crippen LogP contribution is -2.23. The minimum absolute atomic E-state index is 0.366. The van der Waals surface area contributed by atoms with E-state index in [-0.39, 0.29) is 0 Å². The van der Waals surface area contributed by atoms with Crippen molar-refractivity contribution in [2.24, 2.45) is 5.73 Å². The van der Waals surface area contributed by atoms with Crippen molar-refractivity contribution in [3.63, 3.8) is 0 Å². The molecule has 2 aromatic carbocycles. The van der Waals surface area contributed by atoms with Gasteiger partial charge < -0.3 is 15.8 Å². The van der Waals surface area contributed by atoms with Gasteiger partial charge in [-0.15, -0.1) is 0 Å². The highest BCUT2D eigenvalue weighted by Gasteiger charge is 2.15. The Morgan fingerprint density at radius 2 is 2.04 bits per heavy atom. The van der Waals surface area contributed by atoms with Gasteiger partial charge >= 0.3 is 0 Å². The van der Waals surface area contributed by atoms with Gasteiger partial charge in [-0.2, -0.15) is 0 Å². The van der Waals surface area contributed by atoms with E-state index >= 15 is 0 Å². The smallest absolute Gasteiger partial charge is 0.249 e. The molecule has 0 spiro atoms. The fraction of sp³-hybridized carbons (Fsp3) is 0.217. The van der Waals surface area contributed by atoms with Crippen molar-refractivity contribution in [2.75, 3.05) is 6.54 Å². The maximum absolute atomic E-state index is 12.0. The highest BCUT2D eigenvalue weighted by atomic mass is 16.5. The van der Waals surface area contributed by atoms with E-state index in [1.807, 2.05) is 25.1 Å². The summed E-state index contributed by atoms with van der Waals surface area (Å²) in [5.74, 6) is 0.233. The molecule has 0 atom stereocenters. The summed E-state index contributed by atoms with van der Waals surface area (Å²) >= 11 is 0. The molecular formula is C23H23N3O2. The number of nitrogens with two attached hydrogens (primary N) is 1. The van der Waals surface area contributed by atoms with Gasteiger partial charge in [-0.05, 0) is 84.1 Å². The summed E-state index contributed by atoms with van der Waals surface area (Å²) < 4.78 is 5.93. The highest BCUT2D eigenvalue weighted by Crippen LogP contribution is 2.30. The first kappa shape index (κ1) is 18.2. The average Bonchev–Trinajstić information content (AvgIpc) is 2.71. The predicted octanol–water partition coefficient (Wildman–Crippen LogP) is 3.38. The number of aromatic nitrogens is 1. The SMILES string of the molecule is Cc1ccnc(COc2ccc(C(N)=O)c(-c3ccc4c(c3)CNCC4)c2)c1. The Kier molecular flexibility index (Phi) is 5.08. The third kappa shape index (κ3) is 3.89. The zero-order valence-corrected chi connectivity index (χ0v) is 15.9. The van der Waals surface area contributed by atoms with E-state index in [1.165, 1.54) is 11.1 Å². The first-order valence-corrected chi connectivity index (χ1v) is 9.41. The number of nitrogens with one attached hydrogen (secondary N) is 1. The topological polar surface area (TPSA) is 77.2 Å². The van der Waals surface area contributed by atoms with Crippen molar-refractivity contribution in [1.82, 2.24) is 10.3 Å². The number of hydrogen-bond acceptors (Lipinski definition) is 4. The summed E-state index contributed by atoms with van der Waals surface area (Å²) in [5.41, 5.74) is 12.5. The maximum atomic E-state index is 12.0. The standard InChI is InChI=1S/C23H23N3O2/c1-15-6-9-26-19(10-15)14-28-20-4-5-21(23(24)27)22(12-20)17-3-2-16-7-8-25-13-18(16)11-17/h2-6,9-12,25H,7-8,13-14H2,1H3,(H2,24,27). The molecule has 1 aromatic heterocycles. The molecule has 1 aliphatic rings. The number of benzene rings is 2. The van der Waals surface area contributed by atoms with E-state index in [0.29, 0.717) is 17.9 Å². The van der Waals surface area contributed by atoms with Crippen LogP contribution in [0.2, 0.25) is 0 Å². The second kappa shape index (κ2) is 7.82. The van der Waals surface area contributed by atoms with Crippen molar-refractivity contribution in [1.29, 1.82) is 0 Å². The van der Waals surface area contributed by atoms with Gasteiger partial charge in [-0.1, -0.05) is 12.1 Å². The third-order valence-electron chi connectivity index (χ3n) is 5.02. The molecule has 0 fully saturated rings. The van der Waals surface area contributed by atoms with Crippen LogP contribution in [0.3, 0.4) is 0 Å². The van der Waals surface area contributed by atoms with Crippen molar-refractivity contribution in [2.45, 2.75) is 26.5 Å². The number of aryl methyl sites for hydroxylation is 1. The first-order chi connectivity index (χ1) is 13.6. The molecule has 3 aromatic rings. The summed E-state index contributed by atoms with van der Waals surface area (Å²) in [6.07, 6.45) is 2.79. The van der Waals surface area contributed by atoms with Crippen molar-refractivity contribution in [3.8, 4) is 16.9 Å². The van der Waals surface area contributed by atoms with Crippen molar-refractivity contribution >= 4 is 5.91 Å². The van der Waals surface area contributed by atoms with Crippen LogP contribution in [0.4, 0.5) is 0 Å². The van der Waals surface area contributed by atoms with Gasteiger partial charge in [-0.3, -0.25) is 9.78 Å². The van der Waals surface area contributed by atoms with E-state index in [4.69, 9.17) is 10.5 Å². The van der Waals surface area contributed by atoms with Crippen LogP contribution in [-0.2, 0) is 19.6 Å². The molecule has 0 unspecified atom stereocenters. The zero-order valence-electron chi connectivity index (χ0n) is 15.9.